The van der Waals surface area contributed by atoms with Crippen LogP contribution in [0.4, 0.5) is 0 Å². The third kappa shape index (κ3) is 2.72. The van der Waals surface area contributed by atoms with Crippen molar-refractivity contribution in [1.82, 2.24) is 0 Å². The quantitative estimate of drug-likeness (QED) is 0.450. The van der Waals surface area contributed by atoms with E-state index < -0.39 is 5.91 Å². The van der Waals surface area contributed by atoms with Gasteiger partial charge in [0.25, 0.3) is 5.91 Å². The van der Waals surface area contributed by atoms with Gasteiger partial charge in [0.05, 0.1) is 0 Å². The highest BCUT2D eigenvalue weighted by Crippen LogP contribution is 2.25. The fraction of sp³-hybridized carbons (Fsp3) is 0.231. The second-order valence-electron chi connectivity index (χ2n) is 4.05. The summed E-state index contributed by atoms with van der Waals surface area (Å²) in [5.41, 5.74) is 14.0. The summed E-state index contributed by atoms with van der Waals surface area (Å²) in [6.45, 7) is 0. The van der Waals surface area contributed by atoms with E-state index in [1.165, 1.54) is 23.6 Å². The fourth-order valence-electron chi connectivity index (χ4n) is 2.13. The molecule has 1 amide bonds. The molecule has 0 spiro atoms. The van der Waals surface area contributed by atoms with Gasteiger partial charge in [-0.1, -0.05) is 18.2 Å². The number of hydrogen-bond donors (Lipinski definition) is 2. The molecule has 4 nitrogen and oxygen atoms in total. The van der Waals surface area contributed by atoms with Crippen LogP contribution in [0.5, 0.6) is 0 Å². The average Bonchev–Trinajstić information content (AvgIpc) is 2.73. The molecule has 0 heterocycles. The number of nitrogens with two attached hydrogens (primary N) is 2. The second kappa shape index (κ2) is 4.82. The number of benzene rings is 1. The smallest absolute Gasteiger partial charge is 0.272 e. The summed E-state index contributed by atoms with van der Waals surface area (Å²) in [6.07, 6.45) is 6.56. The van der Waals surface area contributed by atoms with Gasteiger partial charge in [0, 0.05) is 6.08 Å². The Morgan fingerprint density at radius 1 is 1.29 bits per heavy atom. The predicted octanol–water partition coefficient (Wildman–Crippen LogP) is 0.988. The van der Waals surface area contributed by atoms with Gasteiger partial charge in [-0.2, -0.15) is 4.99 Å². The summed E-state index contributed by atoms with van der Waals surface area (Å²) in [5.74, 6) is -0.640. The monoisotopic (exact) mass is 229 g/mol. The van der Waals surface area contributed by atoms with Crippen molar-refractivity contribution < 1.29 is 4.79 Å². The van der Waals surface area contributed by atoms with Crippen LogP contribution in [-0.4, -0.2) is 11.9 Å². The molecule has 1 aromatic rings. The lowest BCUT2D eigenvalue weighted by Crippen LogP contribution is -2.23. The van der Waals surface area contributed by atoms with Gasteiger partial charge in [-0.05, 0) is 42.0 Å². The number of amides is 1. The zero-order chi connectivity index (χ0) is 12.3. The van der Waals surface area contributed by atoms with Crippen molar-refractivity contribution in [3.8, 4) is 0 Å². The molecule has 0 aromatic heterocycles. The van der Waals surface area contributed by atoms with Crippen molar-refractivity contribution in [2.75, 3.05) is 0 Å². The number of aliphatic imine (C=N–C) groups is 1. The van der Waals surface area contributed by atoms with Crippen molar-refractivity contribution in [3.63, 3.8) is 0 Å². The molecule has 17 heavy (non-hydrogen) atoms. The minimum Gasteiger partial charge on any atom is -0.370 e. The molecule has 88 valence electrons. The predicted molar refractivity (Wildman–Crippen MR) is 68.3 cm³/mol. The van der Waals surface area contributed by atoms with Gasteiger partial charge in [-0.15, -0.1) is 0 Å². The number of guanidine groups is 1. The van der Waals surface area contributed by atoms with E-state index in [9.17, 15) is 4.79 Å². The topological polar surface area (TPSA) is 81.5 Å². The second-order valence-corrected chi connectivity index (χ2v) is 4.05. The molecule has 0 saturated heterocycles. The zero-order valence-electron chi connectivity index (χ0n) is 9.52. The lowest BCUT2D eigenvalue weighted by atomic mass is 10.0. The van der Waals surface area contributed by atoms with E-state index in [-0.39, 0.29) is 5.96 Å². The highest BCUT2D eigenvalue weighted by Gasteiger charge is 2.12. The van der Waals surface area contributed by atoms with Crippen LogP contribution in [-0.2, 0) is 17.6 Å². The van der Waals surface area contributed by atoms with Gasteiger partial charge in [0.2, 0.25) is 0 Å². The summed E-state index contributed by atoms with van der Waals surface area (Å²) < 4.78 is 0. The minimum atomic E-state index is -0.430. The number of fused-ring (bicyclic) bond motifs is 1. The van der Waals surface area contributed by atoms with Crippen molar-refractivity contribution in [2.45, 2.75) is 19.3 Å². The first-order valence-corrected chi connectivity index (χ1v) is 5.59. The number of aryl methyl sites for hydroxylation is 1. The van der Waals surface area contributed by atoms with Gasteiger partial charge >= 0.3 is 0 Å². The van der Waals surface area contributed by atoms with Gasteiger partial charge in [-0.25, -0.2) is 0 Å². The third-order valence-corrected chi connectivity index (χ3v) is 2.83. The fourth-order valence-corrected chi connectivity index (χ4v) is 2.13. The summed E-state index contributed by atoms with van der Waals surface area (Å²) in [6, 6.07) is 6.15. The Hall–Kier alpha value is -2.10. The first-order valence-electron chi connectivity index (χ1n) is 5.59. The first kappa shape index (κ1) is 11.4. The van der Waals surface area contributed by atoms with Gasteiger partial charge < -0.3 is 11.5 Å². The summed E-state index contributed by atoms with van der Waals surface area (Å²) in [4.78, 5) is 14.7. The van der Waals surface area contributed by atoms with E-state index in [2.05, 4.69) is 11.1 Å². The lowest BCUT2D eigenvalue weighted by molar-refractivity contribution is -0.113. The number of hydrogen-bond acceptors (Lipinski definition) is 1. The highest BCUT2D eigenvalue weighted by molar-refractivity contribution is 5.99. The van der Waals surface area contributed by atoms with Crippen LogP contribution in [0.25, 0.3) is 6.08 Å². The number of carbonyl (C=O) groups excluding carboxylic acids is 1. The Labute approximate surface area is 100 Å². The van der Waals surface area contributed by atoms with Crippen molar-refractivity contribution in [2.24, 2.45) is 16.5 Å². The standard InChI is InChI=1S/C13H15N3O/c14-13(15)16-12(17)8-7-10-4-1-3-9-5-2-6-11(9)10/h1,3-4,7-8H,2,5-6H2,(H4,14,15,16,17). The SMILES string of the molecule is NC(N)=NC(=O)C=Cc1cccc2c1CCC2. The van der Waals surface area contributed by atoms with Crippen LogP contribution < -0.4 is 11.5 Å². The minimum absolute atomic E-state index is 0.210. The highest BCUT2D eigenvalue weighted by atomic mass is 16.1. The Balaban J connectivity index is 2.20. The van der Waals surface area contributed by atoms with Crippen LogP contribution in [0.2, 0.25) is 0 Å². The van der Waals surface area contributed by atoms with Crippen LogP contribution in [0.1, 0.15) is 23.1 Å². The average molecular weight is 229 g/mol. The maximum atomic E-state index is 11.3. The maximum absolute atomic E-state index is 11.3. The molecule has 0 saturated carbocycles. The van der Waals surface area contributed by atoms with E-state index >= 15 is 0 Å². The molecule has 2 rings (SSSR count). The van der Waals surface area contributed by atoms with E-state index in [4.69, 9.17) is 11.5 Å². The lowest BCUT2D eigenvalue weighted by Gasteiger charge is -2.02. The molecular weight excluding hydrogens is 214 g/mol. The summed E-state index contributed by atoms with van der Waals surface area (Å²) in [5, 5.41) is 0. The van der Waals surface area contributed by atoms with Crippen molar-refractivity contribution in [3.05, 3.63) is 41.0 Å². The number of rotatable bonds is 2. The van der Waals surface area contributed by atoms with Gasteiger partial charge in [0.1, 0.15) is 0 Å². The molecule has 0 fully saturated rings. The first-order chi connectivity index (χ1) is 8.16. The van der Waals surface area contributed by atoms with E-state index in [1.54, 1.807) is 6.08 Å². The molecule has 4 N–H and O–H groups in total. The zero-order valence-corrected chi connectivity index (χ0v) is 9.52. The number of carbonyl (C=O) groups is 1. The number of nitrogens with zero attached hydrogens (tertiary/aromatic N) is 1. The largest absolute Gasteiger partial charge is 0.370 e. The molecule has 4 heteroatoms. The van der Waals surface area contributed by atoms with Crippen molar-refractivity contribution >= 4 is 17.9 Å². The third-order valence-electron chi connectivity index (χ3n) is 2.83. The van der Waals surface area contributed by atoms with Crippen LogP contribution in [0.15, 0.2) is 29.3 Å². The Kier molecular flexibility index (Phi) is 3.23. The molecule has 0 unspecified atom stereocenters. The van der Waals surface area contributed by atoms with E-state index in [0.29, 0.717) is 0 Å². The normalized spacial score (nSPS) is 13.6. The molecule has 0 aliphatic heterocycles. The van der Waals surface area contributed by atoms with Gasteiger partial charge in [-0.3, -0.25) is 4.79 Å². The molecule has 1 aromatic carbocycles. The molecule has 0 bridgehead atoms. The van der Waals surface area contributed by atoms with Crippen LogP contribution in [0.3, 0.4) is 0 Å². The van der Waals surface area contributed by atoms with Crippen molar-refractivity contribution in [1.29, 1.82) is 0 Å². The summed E-state index contributed by atoms with van der Waals surface area (Å²) >= 11 is 0. The van der Waals surface area contributed by atoms with Crippen LogP contribution >= 0.6 is 0 Å². The maximum Gasteiger partial charge on any atom is 0.272 e. The Bertz CT molecular complexity index is 499. The van der Waals surface area contributed by atoms with E-state index in [1.807, 2.05) is 12.1 Å². The molecule has 0 radical (unpaired) electrons. The molecule has 1 aliphatic rings. The molecule has 0 atom stereocenters. The Morgan fingerprint density at radius 3 is 2.88 bits per heavy atom. The Morgan fingerprint density at radius 2 is 2.12 bits per heavy atom. The van der Waals surface area contributed by atoms with Gasteiger partial charge in [0.15, 0.2) is 5.96 Å². The molecule has 1 aliphatic carbocycles. The summed E-state index contributed by atoms with van der Waals surface area (Å²) in [7, 11) is 0. The molecular formula is C13H15N3O. The van der Waals surface area contributed by atoms with E-state index in [0.717, 1.165) is 18.4 Å². The van der Waals surface area contributed by atoms with Crippen LogP contribution in [0, 0.1) is 0 Å².